The summed E-state index contributed by atoms with van der Waals surface area (Å²) in [5.74, 6) is 0.715. The molecule has 0 unspecified atom stereocenters. The Bertz CT molecular complexity index is 1170. The first-order chi connectivity index (χ1) is 15.1. The number of benzene rings is 3. The van der Waals surface area contributed by atoms with Crippen molar-refractivity contribution < 1.29 is 9.53 Å². The molecule has 0 spiro atoms. The zero-order chi connectivity index (χ0) is 21.6. The number of rotatable bonds is 7. The molecule has 0 aliphatic heterocycles. The molecule has 0 saturated carbocycles. The fourth-order valence-corrected chi connectivity index (χ4v) is 3.67. The van der Waals surface area contributed by atoms with Crippen LogP contribution in [-0.2, 0) is 17.6 Å². The van der Waals surface area contributed by atoms with Crippen LogP contribution in [0.1, 0.15) is 11.1 Å². The minimum Gasteiger partial charge on any atom is -0.481 e. The highest BCUT2D eigenvalue weighted by molar-refractivity contribution is 5.95. The lowest BCUT2D eigenvalue weighted by Gasteiger charge is -2.17. The highest BCUT2D eigenvalue weighted by atomic mass is 16.5. The van der Waals surface area contributed by atoms with Gasteiger partial charge in [0.25, 0.3) is 0 Å². The van der Waals surface area contributed by atoms with E-state index in [1.54, 1.807) is 7.11 Å². The summed E-state index contributed by atoms with van der Waals surface area (Å²) < 4.78 is 5.38. The number of pyridine rings is 1. The maximum Gasteiger partial charge on any atom is 0.226 e. The van der Waals surface area contributed by atoms with Crippen LogP contribution in [0.3, 0.4) is 0 Å². The van der Waals surface area contributed by atoms with E-state index in [9.17, 15) is 4.79 Å². The van der Waals surface area contributed by atoms with Gasteiger partial charge in [0, 0.05) is 25.0 Å². The van der Waals surface area contributed by atoms with Crippen LogP contribution in [0.2, 0.25) is 0 Å². The fraction of sp³-hybridized carbons (Fsp3) is 0.185. The monoisotopic (exact) mass is 410 g/mol. The van der Waals surface area contributed by atoms with Gasteiger partial charge in [-0.3, -0.25) is 4.79 Å². The Balaban J connectivity index is 1.46. The van der Waals surface area contributed by atoms with Crippen molar-refractivity contribution in [2.24, 2.45) is 0 Å². The lowest BCUT2D eigenvalue weighted by molar-refractivity contribution is -0.129. The molecular weight excluding hydrogens is 384 g/mol. The molecule has 0 N–H and O–H groups in total. The fourth-order valence-electron chi connectivity index (χ4n) is 3.67. The molecule has 1 heterocycles. The third kappa shape index (κ3) is 4.92. The van der Waals surface area contributed by atoms with E-state index in [1.165, 1.54) is 5.56 Å². The number of carbonyl (C=O) groups excluding carboxylic acids is 1. The van der Waals surface area contributed by atoms with E-state index in [0.717, 1.165) is 34.0 Å². The van der Waals surface area contributed by atoms with Crippen molar-refractivity contribution in [2.75, 3.05) is 20.7 Å². The molecule has 3 aromatic carbocycles. The largest absolute Gasteiger partial charge is 0.481 e. The van der Waals surface area contributed by atoms with Crippen LogP contribution in [0.15, 0.2) is 84.9 Å². The summed E-state index contributed by atoms with van der Waals surface area (Å²) in [6.45, 7) is 0.712. The Hall–Kier alpha value is -3.66. The van der Waals surface area contributed by atoms with E-state index in [4.69, 9.17) is 4.74 Å². The molecule has 1 amide bonds. The normalized spacial score (nSPS) is 10.8. The minimum atomic E-state index is 0.125. The van der Waals surface area contributed by atoms with Gasteiger partial charge in [0.1, 0.15) is 0 Å². The third-order valence-electron chi connectivity index (χ3n) is 5.53. The van der Waals surface area contributed by atoms with Gasteiger partial charge in [0.15, 0.2) is 0 Å². The number of methoxy groups -OCH3 is 1. The van der Waals surface area contributed by atoms with Crippen LogP contribution in [-0.4, -0.2) is 36.5 Å². The Morgan fingerprint density at radius 3 is 2.35 bits per heavy atom. The van der Waals surface area contributed by atoms with Crippen molar-refractivity contribution in [3.8, 4) is 17.0 Å². The van der Waals surface area contributed by atoms with E-state index in [0.29, 0.717) is 18.8 Å². The number of hydrogen-bond donors (Lipinski definition) is 0. The first-order valence-electron chi connectivity index (χ1n) is 10.4. The standard InChI is InChI=1S/C27H26N2O2/c1-29(17-16-20-8-4-3-5-9-20)27(30)18-21-12-14-22(15-13-21)24-19-26(31-2)28-25-11-7-6-10-23(24)25/h3-15,19H,16-18H2,1-2H3. The second-order valence-corrected chi connectivity index (χ2v) is 7.65. The second kappa shape index (κ2) is 9.43. The van der Waals surface area contributed by atoms with Crippen LogP contribution < -0.4 is 4.74 Å². The van der Waals surface area contributed by atoms with Crippen LogP contribution in [0.25, 0.3) is 22.0 Å². The van der Waals surface area contributed by atoms with Crippen LogP contribution >= 0.6 is 0 Å². The average Bonchev–Trinajstić information content (AvgIpc) is 2.83. The number of carbonyl (C=O) groups is 1. The summed E-state index contributed by atoms with van der Waals surface area (Å²) in [7, 11) is 3.50. The molecule has 0 bridgehead atoms. The molecule has 4 rings (SSSR count). The maximum atomic E-state index is 12.6. The first kappa shape index (κ1) is 20.6. The second-order valence-electron chi connectivity index (χ2n) is 7.65. The number of nitrogens with zero attached hydrogens (tertiary/aromatic N) is 2. The van der Waals surface area contributed by atoms with E-state index < -0.39 is 0 Å². The highest BCUT2D eigenvalue weighted by Gasteiger charge is 2.12. The summed E-state index contributed by atoms with van der Waals surface area (Å²) in [6, 6.07) is 28.4. The molecule has 1 aromatic heterocycles. The first-order valence-corrected chi connectivity index (χ1v) is 10.4. The minimum absolute atomic E-state index is 0.125. The molecule has 0 atom stereocenters. The van der Waals surface area contributed by atoms with Crippen molar-refractivity contribution in [3.63, 3.8) is 0 Å². The molecule has 31 heavy (non-hydrogen) atoms. The van der Waals surface area contributed by atoms with Gasteiger partial charge < -0.3 is 9.64 Å². The van der Waals surface area contributed by atoms with Crippen LogP contribution in [0.5, 0.6) is 5.88 Å². The molecule has 4 aromatic rings. The SMILES string of the molecule is COc1cc(-c2ccc(CC(=O)N(C)CCc3ccccc3)cc2)c2ccccc2n1. The molecule has 0 radical (unpaired) electrons. The van der Waals surface area contributed by atoms with Gasteiger partial charge in [0.2, 0.25) is 11.8 Å². The number of likely N-dealkylation sites (N-methyl/N-ethyl adjacent to an activating group) is 1. The van der Waals surface area contributed by atoms with E-state index in [1.807, 2.05) is 66.5 Å². The summed E-state index contributed by atoms with van der Waals surface area (Å²) in [5.41, 5.74) is 5.29. The van der Waals surface area contributed by atoms with E-state index >= 15 is 0 Å². The number of aromatic nitrogens is 1. The van der Waals surface area contributed by atoms with Crippen LogP contribution in [0, 0.1) is 0 Å². The van der Waals surface area contributed by atoms with Gasteiger partial charge in [-0.1, -0.05) is 72.8 Å². The van der Waals surface area contributed by atoms with Crippen molar-refractivity contribution in [2.45, 2.75) is 12.8 Å². The number of para-hydroxylation sites is 1. The number of ether oxygens (including phenoxy) is 1. The third-order valence-corrected chi connectivity index (χ3v) is 5.53. The zero-order valence-electron chi connectivity index (χ0n) is 17.9. The predicted octanol–water partition coefficient (Wildman–Crippen LogP) is 5.15. The van der Waals surface area contributed by atoms with Crippen molar-refractivity contribution in [1.82, 2.24) is 9.88 Å². The summed E-state index contributed by atoms with van der Waals surface area (Å²) in [4.78, 5) is 19.0. The number of hydrogen-bond acceptors (Lipinski definition) is 3. The van der Waals surface area contributed by atoms with Crippen molar-refractivity contribution in [1.29, 1.82) is 0 Å². The Morgan fingerprint density at radius 2 is 1.61 bits per heavy atom. The van der Waals surface area contributed by atoms with E-state index in [-0.39, 0.29) is 5.91 Å². The smallest absolute Gasteiger partial charge is 0.226 e. The predicted molar refractivity (Wildman–Crippen MR) is 125 cm³/mol. The topological polar surface area (TPSA) is 42.4 Å². The molecule has 0 aliphatic rings. The molecule has 4 heteroatoms. The molecule has 0 saturated heterocycles. The van der Waals surface area contributed by atoms with Crippen LogP contribution in [0.4, 0.5) is 0 Å². The molecule has 156 valence electrons. The van der Waals surface area contributed by atoms with Gasteiger partial charge in [-0.15, -0.1) is 0 Å². The van der Waals surface area contributed by atoms with Gasteiger partial charge >= 0.3 is 0 Å². The molecular formula is C27H26N2O2. The maximum absolute atomic E-state index is 12.6. The van der Waals surface area contributed by atoms with Gasteiger partial charge in [0.05, 0.1) is 19.0 Å². The Labute approximate surface area is 183 Å². The number of fused-ring (bicyclic) bond motifs is 1. The molecule has 4 nitrogen and oxygen atoms in total. The lowest BCUT2D eigenvalue weighted by Crippen LogP contribution is -2.30. The van der Waals surface area contributed by atoms with Gasteiger partial charge in [-0.05, 0) is 34.7 Å². The average molecular weight is 411 g/mol. The Kier molecular flexibility index (Phi) is 6.27. The summed E-state index contributed by atoms with van der Waals surface area (Å²) >= 11 is 0. The highest BCUT2D eigenvalue weighted by Crippen LogP contribution is 2.31. The quantitative estimate of drug-likeness (QED) is 0.423. The zero-order valence-corrected chi connectivity index (χ0v) is 17.9. The molecule has 0 fully saturated rings. The Morgan fingerprint density at radius 1 is 0.903 bits per heavy atom. The lowest BCUT2D eigenvalue weighted by atomic mass is 9.99. The number of amides is 1. The van der Waals surface area contributed by atoms with Gasteiger partial charge in [-0.2, -0.15) is 0 Å². The van der Waals surface area contributed by atoms with E-state index in [2.05, 4.69) is 35.3 Å². The van der Waals surface area contributed by atoms with Crippen molar-refractivity contribution >= 4 is 16.8 Å². The summed E-state index contributed by atoms with van der Waals surface area (Å²) in [5, 5.41) is 1.08. The van der Waals surface area contributed by atoms with Crippen molar-refractivity contribution in [3.05, 3.63) is 96.1 Å². The van der Waals surface area contributed by atoms with Gasteiger partial charge in [-0.25, -0.2) is 4.98 Å². The molecule has 0 aliphatic carbocycles. The summed E-state index contributed by atoms with van der Waals surface area (Å²) in [6.07, 6.45) is 1.25.